The summed E-state index contributed by atoms with van der Waals surface area (Å²) in [5, 5.41) is 7.02. The Bertz CT molecular complexity index is 949. The Hall–Kier alpha value is -2.28. The lowest BCUT2D eigenvalue weighted by molar-refractivity contribution is 0.713. The second-order valence-electron chi connectivity index (χ2n) is 5.47. The van der Waals surface area contributed by atoms with Crippen molar-refractivity contribution >= 4 is 21.6 Å². The van der Waals surface area contributed by atoms with E-state index in [2.05, 4.69) is 20.2 Å². The van der Waals surface area contributed by atoms with Crippen LogP contribution in [0.2, 0.25) is 0 Å². The van der Waals surface area contributed by atoms with Gasteiger partial charge in [0.2, 0.25) is 0 Å². The Morgan fingerprint density at radius 2 is 1.95 bits per heavy atom. The van der Waals surface area contributed by atoms with Gasteiger partial charge in [0.25, 0.3) is 11.1 Å². The zero-order valence-electron chi connectivity index (χ0n) is 11.8. The zero-order chi connectivity index (χ0) is 15.1. The van der Waals surface area contributed by atoms with Gasteiger partial charge < -0.3 is 4.98 Å². The first-order valence-electron chi connectivity index (χ1n) is 7.33. The average Bonchev–Trinajstić information content (AvgIpc) is 2.70. The summed E-state index contributed by atoms with van der Waals surface area (Å²) >= 11 is 1.61. The van der Waals surface area contributed by atoms with Crippen LogP contribution < -0.4 is 11.1 Å². The molecule has 0 aliphatic heterocycles. The van der Waals surface area contributed by atoms with Crippen molar-refractivity contribution < 1.29 is 0 Å². The fourth-order valence-electron chi connectivity index (χ4n) is 2.94. The first-order valence-corrected chi connectivity index (χ1v) is 8.15. The molecule has 3 aromatic rings. The quantitative estimate of drug-likeness (QED) is 0.672. The average molecular weight is 314 g/mol. The van der Waals surface area contributed by atoms with Gasteiger partial charge in [-0.25, -0.2) is 10.1 Å². The number of nitrogens with zero attached hydrogens (tertiary/aromatic N) is 2. The summed E-state index contributed by atoms with van der Waals surface area (Å²) in [5.74, 6) is 0.394. The Balaban J connectivity index is 1.92. The highest BCUT2D eigenvalue weighted by molar-refractivity contribution is 7.18. The van der Waals surface area contributed by atoms with Crippen molar-refractivity contribution in [1.82, 2.24) is 20.2 Å². The number of hydrogen-bond donors (Lipinski definition) is 2. The predicted octanol–water partition coefficient (Wildman–Crippen LogP) is 2.00. The Kier molecular flexibility index (Phi) is 3.15. The van der Waals surface area contributed by atoms with E-state index in [-0.39, 0.29) is 11.1 Å². The second-order valence-corrected chi connectivity index (χ2v) is 6.55. The van der Waals surface area contributed by atoms with E-state index < -0.39 is 0 Å². The standard InChI is InChI=1S/C15H14N4O2S/c20-11-7-6-9(18-19-11)13-16-14(21)12-8-4-2-1-3-5-10(8)22-15(12)17-13/h6-7H,1-5H2,(H,19,20)(H,16,17,21). The van der Waals surface area contributed by atoms with E-state index >= 15 is 0 Å². The van der Waals surface area contributed by atoms with Crippen LogP contribution in [0.15, 0.2) is 21.7 Å². The van der Waals surface area contributed by atoms with Crippen LogP contribution in [-0.4, -0.2) is 20.2 Å². The van der Waals surface area contributed by atoms with Crippen LogP contribution in [0.25, 0.3) is 21.7 Å². The summed E-state index contributed by atoms with van der Waals surface area (Å²) in [7, 11) is 0. The number of aromatic amines is 2. The van der Waals surface area contributed by atoms with Gasteiger partial charge >= 0.3 is 0 Å². The van der Waals surface area contributed by atoms with Gasteiger partial charge in [0.05, 0.1) is 5.39 Å². The minimum Gasteiger partial charge on any atom is -0.305 e. The van der Waals surface area contributed by atoms with Crippen molar-refractivity contribution in [3.63, 3.8) is 0 Å². The lowest BCUT2D eigenvalue weighted by Crippen LogP contribution is -2.12. The van der Waals surface area contributed by atoms with E-state index in [0.717, 1.165) is 29.5 Å². The normalized spacial score (nSPS) is 14.7. The van der Waals surface area contributed by atoms with E-state index in [9.17, 15) is 9.59 Å². The molecule has 0 amide bonds. The monoisotopic (exact) mass is 314 g/mol. The predicted molar refractivity (Wildman–Crippen MR) is 85.4 cm³/mol. The Morgan fingerprint density at radius 1 is 1.09 bits per heavy atom. The summed E-state index contributed by atoms with van der Waals surface area (Å²) in [6, 6.07) is 2.93. The molecule has 0 atom stereocenters. The maximum Gasteiger partial charge on any atom is 0.264 e. The molecule has 0 fully saturated rings. The molecule has 2 N–H and O–H groups in total. The molecular formula is C15H14N4O2S. The van der Waals surface area contributed by atoms with E-state index in [1.54, 1.807) is 17.4 Å². The molecule has 7 heteroatoms. The second kappa shape index (κ2) is 5.17. The molecule has 0 saturated heterocycles. The Labute approximate surface area is 129 Å². The van der Waals surface area contributed by atoms with E-state index in [0.29, 0.717) is 11.5 Å². The van der Waals surface area contributed by atoms with Crippen LogP contribution in [-0.2, 0) is 12.8 Å². The maximum atomic E-state index is 12.5. The molecule has 3 heterocycles. The van der Waals surface area contributed by atoms with E-state index in [4.69, 9.17) is 0 Å². The van der Waals surface area contributed by atoms with Crippen LogP contribution in [0.3, 0.4) is 0 Å². The topological polar surface area (TPSA) is 91.5 Å². The highest BCUT2D eigenvalue weighted by atomic mass is 32.1. The van der Waals surface area contributed by atoms with Gasteiger partial charge in [-0.05, 0) is 37.3 Å². The zero-order valence-corrected chi connectivity index (χ0v) is 12.6. The summed E-state index contributed by atoms with van der Waals surface area (Å²) in [6.45, 7) is 0. The number of aromatic nitrogens is 4. The van der Waals surface area contributed by atoms with Gasteiger partial charge in [0, 0.05) is 10.9 Å². The summed E-state index contributed by atoms with van der Waals surface area (Å²) in [6.07, 6.45) is 5.50. The molecule has 0 aromatic carbocycles. The number of rotatable bonds is 1. The van der Waals surface area contributed by atoms with Crippen molar-refractivity contribution in [1.29, 1.82) is 0 Å². The maximum absolute atomic E-state index is 12.5. The van der Waals surface area contributed by atoms with Crippen LogP contribution in [0.4, 0.5) is 0 Å². The van der Waals surface area contributed by atoms with Gasteiger partial charge in [0.1, 0.15) is 10.5 Å². The van der Waals surface area contributed by atoms with E-state index in [1.807, 2.05) is 0 Å². The number of thiophene rings is 1. The molecule has 1 aliphatic rings. The van der Waals surface area contributed by atoms with Crippen molar-refractivity contribution in [3.8, 4) is 11.5 Å². The molecule has 0 spiro atoms. The van der Waals surface area contributed by atoms with Crippen molar-refractivity contribution in [2.75, 3.05) is 0 Å². The van der Waals surface area contributed by atoms with Crippen LogP contribution in [0.1, 0.15) is 29.7 Å². The highest BCUT2D eigenvalue weighted by Gasteiger charge is 2.19. The van der Waals surface area contributed by atoms with Crippen molar-refractivity contribution in [2.45, 2.75) is 32.1 Å². The lowest BCUT2D eigenvalue weighted by atomic mass is 10.1. The van der Waals surface area contributed by atoms with Crippen LogP contribution in [0.5, 0.6) is 0 Å². The number of hydrogen-bond acceptors (Lipinski definition) is 5. The number of H-pyrrole nitrogens is 2. The first kappa shape index (κ1) is 13.4. The fourth-order valence-corrected chi connectivity index (χ4v) is 4.20. The molecule has 4 rings (SSSR count). The number of nitrogens with one attached hydrogen (secondary N) is 2. The SMILES string of the molecule is O=c1ccc(-c2nc3sc4c(c3c(=O)[nH]2)CCCCC4)n[nH]1. The molecule has 0 bridgehead atoms. The smallest absolute Gasteiger partial charge is 0.264 e. The largest absolute Gasteiger partial charge is 0.305 e. The molecule has 3 aromatic heterocycles. The summed E-state index contributed by atoms with van der Waals surface area (Å²) in [5.41, 5.74) is 1.23. The fraction of sp³-hybridized carbons (Fsp3) is 0.333. The minimum absolute atomic E-state index is 0.118. The van der Waals surface area contributed by atoms with E-state index in [1.165, 1.54) is 29.3 Å². The third kappa shape index (κ3) is 2.18. The molecule has 0 unspecified atom stereocenters. The van der Waals surface area contributed by atoms with Gasteiger partial charge in [-0.2, -0.15) is 5.10 Å². The number of fused-ring (bicyclic) bond motifs is 3. The van der Waals surface area contributed by atoms with Crippen molar-refractivity contribution in [3.05, 3.63) is 43.3 Å². The molecule has 22 heavy (non-hydrogen) atoms. The van der Waals surface area contributed by atoms with Crippen LogP contribution >= 0.6 is 11.3 Å². The molecule has 1 aliphatic carbocycles. The Morgan fingerprint density at radius 3 is 2.77 bits per heavy atom. The first-order chi connectivity index (χ1) is 10.7. The van der Waals surface area contributed by atoms with Crippen LogP contribution in [0, 0.1) is 0 Å². The number of aryl methyl sites for hydroxylation is 2. The molecule has 112 valence electrons. The lowest BCUT2D eigenvalue weighted by Gasteiger charge is -2.00. The van der Waals surface area contributed by atoms with Crippen molar-refractivity contribution in [2.24, 2.45) is 0 Å². The highest BCUT2D eigenvalue weighted by Crippen LogP contribution is 2.33. The summed E-state index contributed by atoms with van der Waals surface area (Å²) in [4.78, 5) is 33.0. The van der Waals surface area contributed by atoms with Gasteiger partial charge in [-0.15, -0.1) is 11.3 Å². The minimum atomic E-state index is -0.282. The summed E-state index contributed by atoms with van der Waals surface area (Å²) < 4.78 is 0. The third-order valence-electron chi connectivity index (χ3n) is 4.00. The molecule has 0 saturated carbocycles. The molecule has 6 nitrogen and oxygen atoms in total. The van der Waals surface area contributed by atoms with Gasteiger partial charge in [-0.1, -0.05) is 6.42 Å². The third-order valence-corrected chi connectivity index (χ3v) is 5.18. The van der Waals surface area contributed by atoms with Gasteiger partial charge in [-0.3, -0.25) is 9.59 Å². The van der Waals surface area contributed by atoms with Gasteiger partial charge in [0.15, 0.2) is 5.82 Å². The molecule has 0 radical (unpaired) electrons. The molecular weight excluding hydrogens is 300 g/mol.